The maximum atomic E-state index is 12.5. The van der Waals surface area contributed by atoms with Crippen molar-refractivity contribution in [2.45, 2.75) is 26.2 Å². The first kappa shape index (κ1) is 12.2. The summed E-state index contributed by atoms with van der Waals surface area (Å²) >= 11 is 0. The molecular weight excluding hydrogens is 236 g/mol. The number of fused-ring (bicyclic) bond motifs is 1. The minimum atomic E-state index is 0.163. The monoisotopic (exact) mass is 254 g/mol. The van der Waals surface area contributed by atoms with E-state index in [2.05, 4.69) is 6.58 Å². The highest BCUT2D eigenvalue weighted by atomic mass is 16.3. The number of benzene rings is 1. The van der Waals surface area contributed by atoms with Crippen molar-refractivity contribution >= 4 is 11.4 Å². The summed E-state index contributed by atoms with van der Waals surface area (Å²) in [6.07, 6.45) is 3.22. The van der Waals surface area contributed by atoms with E-state index in [1.807, 2.05) is 19.1 Å². The molecule has 2 heteroatoms. The van der Waals surface area contributed by atoms with E-state index in [0.717, 1.165) is 41.5 Å². The molecule has 0 heterocycles. The summed E-state index contributed by atoms with van der Waals surface area (Å²) in [6.45, 7) is 5.89. The maximum Gasteiger partial charge on any atom is 0.167 e. The van der Waals surface area contributed by atoms with Crippen LogP contribution in [0.1, 0.15) is 31.7 Å². The zero-order valence-electron chi connectivity index (χ0n) is 11.1. The summed E-state index contributed by atoms with van der Waals surface area (Å²) in [5.41, 5.74) is 3.90. The van der Waals surface area contributed by atoms with Gasteiger partial charge in [0.15, 0.2) is 5.78 Å². The molecule has 2 unspecified atom stereocenters. The standard InChI is InChI=1S/C17H18O2/c1-10(2)15-16(11-6-8-12(18)9-7-11)13-4-3-5-14(13)17(15)19/h6-9,13-14,18H,1,3-5H2,2H3. The van der Waals surface area contributed by atoms with Crippen LogP contribution in [-0.4, -0.2) is 10.9 Å². The first-order chi connectivity index (χ1) is 9.09. The molecule has 0 bridgehead atoms. The summed E-state index contributed by atoms with van der Waals surface area (Å²) in [5, 5.41) is 9.41. The van der Waals surface area contributed by atoms with Crippen molar-refractivity contribution in [2.24, 2.45) is 11.8 Å². The Kier molecular flexibility index (Phi) is 2.81. The predicted octanol–water partition coefficient (Wildman–Crippen LogP) is 3.72. The van der Waals surface area contributed by atoms with Crippen molar-refractivity contribution < 1.29 is 9.90 Å². The van der Waals surface area contributed by atoms with Crippen molar-refractivity contribution in [1.29, 1.82) is 0 Å². The van der Waals surface area contributed by atoms with Gasteiger partial charge in [-0.3, -0.25) is 4.79 Å². The van der Waals surface area contributed by atoms with E-state index in [4.69, 9.17) is 0 Å². The van der Waals surface area contributed by atoms with Crippen molar-refractivity contribution in [3.05, 3.63) is 47.6 Å². The molecule has 0 aliphatic heterocycles. The molecule has 0 aromatic heterocycles. The molecule has 2 nitrogen and oxygen atoms in total. The largest absolute Gasteiger partial charge is 0.508 e. The lowest BCUT2D eigenvalue weighted by molar-refractivity contribution is -0.118. The summed E-state index contributed by atoms with van der Waals surface area (Å²) < 4.78 is 0. The molecule has 0 radical (unpaired) electrons. The summed E-state index contributed by atoms with van der Waals surface area (Å²) in [6, 6.07) is 7.18. The summed E-state index contributed by atoms with van der Waals surface area (Å²) in [7, 11) is 0. The van der Waals surface area contributed by atoms with Gasteiger partial charge in [0.1, 0.15) is 5.75 Å². The Morgan fingerprint density at radius 1 is 1.21 bits per heavy atom. The van der Waals surface area contributed by atoms with Gasteiger partial charge in [-0.15, -0.1) is 0 Å². The van der Waals surface area contributed by atoms with E-state index in [1.165, 1.54) is 0 Å². The molecule has 0 spiro atoms. The van der Waals surface area contributed by atoms with E-state index in [-0.39, 0.29) is 17.5 Å². The lowest BCUT2D eigenvalue weighted by Gasteiger charge is -2.14. The Hall–Kier alpha value is -1.83. The molecular formula is C17H18O2. The third-order valence-corrected chi connectivity index (χ3v) is 4.34. The average Bonchev–Trinajstić information content (AvgIpc) is 2.93. The van der Waals surface area contributed by atoms with Crippen LogP contribution < -0.4 is 0 Å². The summed E-state index contributed by atoms with van der Waals surface area (Å²) in [5.74, 6) is 1.05. The average molecular weight is 254 g/mol. The fourth-order valence-electron chi connectivity index (χ4n) is 3.56. The Labute approximate surface area is 113 Å². The van der Waals surface area contributed by atoms with Gasteiger partial charge in [0.05, 0.1) is 0 Å². The fourth-order valence-corrected chi connectivity index (χ4v) is 3.56. The predicted molar refractivity (Wildman–Crippen MR) is 75.7 cm³/mol. The van der Waals surface area contributed by atoms with Crippen LogP contribution >= 0.6 is 0 Å². The van der Waals surface area contributed by atoms with Crippen LogP contribution in [0.15, 0.2) is 42.0 Å². The van der Waals surface area contributed by atoms with Crippen LogP contribution in [-0.2, 0) is 4.79 Å². The third kappa shape index (κ3) is 1.83. The SMILES string of the molecule is C=C(C)C1=C(c2ccc(O)cc2)C2CCCC2C1=O. The highest BCUT2D eigenvalue weighted by Crippen LogP contribution is 2.50. The number of carbonyl (C=O) groups is 1. The fraction of sp³-hybridized carbons (Fsp3) is 0.353. The van der Waals surface area contributed by atoms with Gasteiger partial charge in [-0.25, -0.2) is 0 Å². The highest BCUT2D eigenvalue weighted by Gasteiger charge is 2.44. The number of phenolic OH excluding ortho intramolecular Hbond substituents is 1. The van der Waals surface area contributed by atoms with Gasteiger partial charge >= 0.3 is 0 Å². The van der Waals surface area contributed by atoms with Crippen LogP contribution in [0.5, 0.6) is 5.75 Å². The van der Waals surface area contributed by atoms with Crippen molar-refractivity contribution in [1.82, 2.24) is 0 Å². The molecule has 2 aliphatic rings. The molecule has 0 saturated heterocycles. The normalized spacial score (nSPS) is 25.8. The van der Waals surface area contributed by atoms with E-state index >= 15 is 0 Å². The van der Waals surface area contributed by atoms with E-state index in [9.17, 15) is 9.90 Å². The lowest BCUT2D eigenvalue weighted by Crippen LogP contribution is -2.11. The Morgan fingerprint density at radius 2 is 1.84 bits per heavy atom. The van der Waals surface area contributed by atoms with E-state index in [1.54, 1.807) is 12.1 Å². The molecule has 1 saturated carbocycles. The molecule has 1 N–H and O–H groups in total. The number of Topliss-reactive ketones (excluding diaryl/α,β-unsaturated/α-hetero) is 1. The summed E-state index contributed by atoms with van der Waals surface area (Å²) in [4.78, 5) is 12.5. The molecule has 19 heavy (non-hydrogen) atoms. The van der Waals surface area contributed by atoms with Crippen molar-refractivity contribution in [3.8, 4) is 5.75 Å². The van der Waals surface area contributed by atoms with Gasteiger partial charge in [-0.2, -0.15) is 0 Å². The number of phenols is 1. The van der Waals surface area contributed by atoms with E-state index < -0.39 is 0 Å². The molecule has 0 amide bonds. The number of allylic oxidation sites excluding steroid dienone is 3. The number of carbonyl (C=O) groups excluding carboxylic acids is 1. The molecule has 2 aliphatic carbocycles. The van der Waals surface area contributed by atoms with Gasteiger partial charge in [0, 0.05) is 11.5 Å². The van der Waals surface area contributed by atoms with Gasteiger partial charge < -0.3 is 5.11 Å². The molecule has 1 fully saturated rings. The minimum Gasteiger partial charge on any atom is -0.508 e. The highest BCUT2D eigenvalue weighted by molar-refractivity contribution is 6.13. The van der Waals surface area contributed by atoms with Crippen LogP contribution in [0, 0.1) is 11.8 Å². The second kappa shape index (κ2) is 4.37. The van der Waals surface area contributed by atoms with Crippen molar-refractivity contribution in [3.63, 3.8) is 0 Å². The molecule has 98 valence electrons. The smallest absolute Gasteiger partial charge is 0.167 e. The van der Waals surface area contributed by atoms with Crippen LogP contribution in [0.2, 0.25) is 0 Å². The van der Waals surface area contributed by atoms with Gasteiger partial charge in [-0.05, 0) is 54.5 Å². The first-order valence-corrected chi connectivity index (χ1v) is 6.83. The van der Waals surface area contributed by atoms with E-state index in [0.29, 0.717) is 5.92 Å². The molecule has 3 rings (SSSR count). The second-order valence-electron chi connectivity index (χ2n) is 5.62. The first-order valence-electron chi connectivity index (χ1n) is 6.83. The maximum absolute atomic E-state index is 12.5. The topological polar surface area (TPSA) is 37.3 Å². The quantitative estimate of drug-likeness (QED) is 0.873. The van der Waals surface area contributed by atoms with Gasteiger partial charge in [0.2, 0.25) is 0 Å². The number of ketones is 1. The third-order valence-electron chi connectivity index (χ3n) is 4.34. The molecule has 1 aromatic carbocycles. The number of aromatic hydroxyl groups is 1. The number of hydrogen-bond donors (Lipinski definition) is 1. The minimum absolute atomic E-state index is 0.163. The molecule has 1 aromatic rings. The lowest BCUT2D eigenvalue weighted by atomic mass is 9.89. The van der Waals surface area contributed by atoms with Gasteiger partial charge in [-0.1, -0.05) is 25.1 Å². The Bertz CT molecular complexity index is 578. The van der Waals surface area contributed by atoms with Crippen LogP contribution in [0.25, 0.3) is 5.57 Å². The zero-order chi connectivity index (χ0) is 13.6. The number of hydrogen-bond acceptors (Lipinski definition) is 2. The molecule has 2 atom stereocenters. The second-order valence-corrected chi connectivity index (χ2v) is 5.62. The van der Waals surface area contributed by atoms with Gasteiger partial charge in [0.25, 0.3) is 0 Å². The van der Waals surface area contributed by atoms with Crippen LogP contribution in [0.3, 0.4) is 0 Å². The van der Waals surface area contributed by atoms with Crippen molar-refractivity contribution in [2.75, 3.05) is 0 Å². The zero-order valence-corrected chi connectivity index (χ0v) is 11.1. The number of rotatable bonds is 2. The van der Waals surface area contributed by atoms with Crippen LogP contribution in [0.4, 0.5) is 0 Å². The Balaban J connectivity index is 2.15. The Morgan fingerprint density at radius 3 is 2.47 bits per heavy atom.